The van der Waals surface area contributed by atoms with Crippen LogP contribution in [-0.4, -0.2) is 59.5 Å². The second kappa shape index (κ2) is 9.48. The molecule has 1 amide bonds. The van der Waals surface area contributed by atoms with Crippen LogP contribution in [0, 0.1) is 5.92 Å². The number of piperidine rings is 1. The number of likely N-dealkylation sites (tertiary alicyclic amines) is 2. The summed E-state index contributed by atoms with van der Waals surface area (Å²) in [6.45, 7) is 6.68. The Labute approximate surface area is 167 Å². The molecule has 27 heavy (non-hydrogen) atoms. The molecule has 3 fully saturated rings. The van der Waals surface area contributed by atoms with Crippen LogP contribution in [-0.2, 0) is 6.54 Å². The fourth-order valence-electron chi connectivity index (χ4n) is 4.95. The molecule has 1 aromatic rings. The fourth-order valence-corrected chi connectivity index (χ4v) is 5.81. The molecule has 1 atom stereocenters. The molecule has 2 aliphatic heterocycles. The SMILES string of the molecule is O=C(N[C@H]1CCCN(CC2CCCCC2)C1)c1cnc(CN2CCCC2)s1. The molecule has 0 spiro atoms. The minimum Gasteiger partial charge on any atom is -0.347 e. The topological polar surface area (TPSA) is 48.5 Å². The van der Waals surface area contributed by atoms with Crippen molar-refractivity contribution in [1.82, 2.24) is 20.1 Å². The Balaban J connectivity index is 1.25. The van der Waals surface area contributed by atoms with Crippen molar-refractivity contribution >= 4 is 17.2 Å². The Morgan fingerprint density at radius 3 is 2.63 bits per heavy atom. The highest BCUT2D eigenvalue weighted by Gasteiger charge is 2.25. The largest absolute Gasteiger partial charge is 0.347 e. The zero-order valence-corrected chi connectivity index (χ0v) is 17.3. The number of carbonyl (C=O) groups is 1. The summed E-state index contributed by atoms with van der Waals surface area (Å²) in [5.74, 6) is 0.951. The summed E-state index contributed by atoms with van der Waals surface area (Å²) in [5, 5.41) is 4.36. The highest BCUT2D eigenvalue weighted by Crippen LogP contribution is 2.25. The maximum atomic E-state index is 12.7. The lowest BCUT2D eigenvalue weighted by Crippen LogP contribution is -2.48. The summed E-state index contributed by atoms with van der Waals surface area (Å²) in [6, 6.07) is 0.291. The Kier molecular flexibility index (Phi) is 6.79. The molecule has 0 unspecified atom stereocenters. The molecule has 2 saturated heterocycles. The van der Waals surface area contributed by atoms with E-state index < -0.39 is 0 Å². The molecule has 0 bridgehead atoms. The first-order valence-electron chi connectivity index (χ1n) is 11.0. The van der Waals surface area contributed by atoms with Gasteiger partial charge in [-0.05, 0) is 64.1 Å². The predicted molar refractivity (Wildman–Crippen MR) is 110 cm³/mol. The van der Waals surface area contributed by atoms with Gasteiger partial charge >= 0.3 is 0 Å². The lowest BCUT2D eigenvalue weighted by atomic mass is 9.88. The number of aromatic nitrogens is 1. The van der Waals surface area contributed by atoms with Gasteiger partial charge in [0.25, 0.3) is 5.91 Å². The van der Waals surface area contributed by atoms with Gasteiger partial charge in [-0.15, -0.1) is 11.3 Å². The number of thiazole rings is 1. The number of carbonyl (C=O) groups excluding carboxylic acids is 1. The predicted octanol–water partition coefficient (Wildman–Crippen LogP) is 3.51. The first-order chi connectivity index (χ1) is 13.3. The zero-order valence-electron chi connectivity index (χ0n) is 16.5. The van der Waals surface area contributed by atoms with Crippen LogP contribution < -0.4 is 5.32 Å². The van der Waals surface area contributed by atoms with Crippen molar-refractivity contribution < 1.29 is 4.79 Å². The molecular weight excluding hydrogens is 356 g/mol. The van der Waals surface area contributed by atoms with Crippen molar-refractivity contribution in [3.63, 3.8) is 0 Å². The Hall–Kier alpha value is -0.980. The first-order valence-corrected chi connectivity index (χ1v) is 11.8. The van der Waals surface area contributed by atoms with Crippen molar-refractivity contribution in [2.45, 2.75) is 70.4 Å². The van der Waals surface area contributed by atoms with Gasteiger partial charge in [0.15, 0.2) is 0 Å². The molecule has 6 heteroatoms. The lowest BCUT2D eigenvalue weighted by molar-refractivity contribution is 0.0894. The minimum atomic E-state index is 0.0738. The average molecular weight is 391 g/mol. The van der Waals surface area contributed by atoms with Crippen LogP contribution in [0.2, 0.25) is 0 Å². The van der Waals surface area contributed by atoms with Gasteiger partial charge in [-0.1, -0.05) is 19.3 Å². The van der Waals surface area contributed by atoms with Gasteiger partial charge in [-0.3, -0.25) is 9.69 Å². The highest BCUT2D eigenvalue weighted by atomic mass is 32.1. The summed E-state index contributed by atoms with van der Waals surface area (Å²) >= 11 is 1.57. The maximum Gasteiger partial charge on any atom is 0.263 e. The van der Waals surface area contributed by atoms with Gasteiger partial charge in [0.2, 0.25) is 0 Å². The summed E-state index contributed by atoms with van der Waals surface area (Å²) in [4.78, 5) is 23.0. The van der Waals surface area contributed by atoms with Crippen molar-refractivity contribution in [2.24, 2.45) is 5.92 Å². The van der Waals surface area contributed by atoms with Gasteiger partial charge in [0, 0.05) is 19.1 Å². The lowest BCUT2D eigenvalue weighted by Gasteiger charge is -2.36. The number of hydrogen-bond donors (Lipinski definition) is 1. The quantitative estimate of drug-likeness (QED) is 0.807. The number of rotatable bonds is 6. The number of nitrogens with one attached hydrogen (secondary N) is 1. The maximum absolute atomic E-state index is 12.7. The molecule has 1 aromatic heterocycles. The van der Waals surface area contributed by atoms with Gasteiger partial charge in [-0.25, -0.2) is 4.98 Å². The molecule has 1 saturated carbocycles. The molecular formula is C21H34N4OS. The van der Waals surface area contributed by atoms with Crippen molar-refractivity contribution in [2.75, 3.05) is 32.7 Å². The van der Waals surface area contributed by atoms with E-state index in [4.69, 9.17) is 0 Å². The van der Waals surface area contributed by atoms with Gasteiger partial charge in [-0.2, -0.15) is 0 Å². The van der Waals surface area contributed by atoms with Gasteiger partial charge in [0.1, 0.15) is 9.88 Å². The van der Waals surface area contributed by atoms with E-state index in [0.717, 1.165) is 35.3 Å². The Bertz CT molecular complexity index is 607. The monoisotopic (exact) mass is 390 g/mol. The fraction of sp³-hybridized carbons (Fsp3) is 0.810. The van der Waals surface area contributed by atoms with Crippen LogP contribution in [0.4, 0.5) is 0 Å². The number of hydrogen-bond acceptors (Lipinski definition) is 5. The van der Waals surface area contributed by atoms with Crippen LogP contribution in [0.3, 0.4) is 0 Å². The molecule has 4 rings (SSSR count). The van der Waals surface area contributed by atoms with Crippen molar-refractivity contribution in [3.8, 4) is 0 Å². The van der Waals surface area contributed by atoms with E-state index in [9.17, 15) is 4.79 Å². The van der Waals surface area contributed by atoms with E-state index >= 15 is 0 Å². The van der Waals surface area contributed by atoms with E-state index in [2.05, 4.69) is 20.1 Å². The van der Waals surface area contributed by atoms with Gasteiger partial charge < -0.3 is 10.2 Å². The number of nitrogens with zero attached hydrogens (tertiary/aromatic N) is 3. The first kappa shape index (κ1) is 19.3. The molecule has 1 aliphatic carbocycles. The van der Waals surface area contributed by atoms with Crippen molar-refractivity contribution in [1.29, 1.82) is 0 Å². The Morgan fingerprint density at radius 2 is 1.81 bits per heavy atom. The average Bonchev–Trinajstić information content (AvgIpc) is 3.35. The standard InChI is InChI=1S/C21H34N4OS/c26-21(19-13-22-20(27-19)16-24-10-4-5-11-24)23-18-9-6-12-25(15-18)14-17-7-2-1-3-8-17/h13,17-18H,1-12,14-16H2,(H,23,26)/t18-/m0/s1. The summed E-state index contributed by atoms with van der Waals surface area (Å²) in [7, 11) is 0. The number of amides is 1. The molecule has 5 nitrogen and oxygen atoms in total. The van der Waals surface area contributed by atoms with E-state index in [1.54, 1.807) is 17.5 Å². The van der Waals surface area contributed by atoms with E-state index in [0.29, 0.717) is 6.04 Å². The van der Waals surface area contributed by atoms with Crippen LogP contribution >= 0.6 is 11.3 Å². The Morgan fingerprint density at radius 1 is 1.04 bits per heavy atom. The molecule has 3 aliphatic rings. The zero-order chi connectivity index (χ0) is 18.5. The second-order valence-electron chi connectivity index (χ2n) is 8.68. The van der Waals surface area contributed by atoms with Gasteiger partial charge in [0.05, 0.1) is 12.7 Å². The molecule has 1 N–H and O–H groups in total. The molecule has 0 aromatic carbocycles. The van der Waals surface area contributed by atoms with Crippen molar-refractivity contribution in [3.05, 3.63) is 16.1 Å². The normalized spacial score (nSPS) is 25.7. The summed E-state index contributed by atoms with van der Waals surface area (Å²) in [6.07, 6.45) is 13.7. The van der Waals surface area contributed by atoms with Crippen LogP contribution in [0.1, 0.15) is 72.5 Å². The van der Waals surface area contributed by atoms with Crippen LogP contribution in [0.15, 0.2) is 6.20 Å². The third-order valence-corrected chi connectivity index (χ3v) is 7.40. The second-order valence-corrected chi connectivity index (χ2v) is 9.79. The van der Waals surface area contributed by atoms with E-state index in [1.165, 1.54) is 77.5 Å². The molecule has 0 radical (unpaired) electrons. The molecule has 150 valence electrons. The molecule has 3 heterocycles. The third kappa shape index (κ3) is 5.52. The third-order valence-electron chi connectivity index (χ3n) is 6.42. The minimum absolute atomic E-state index is 0.0738. The summed E-state index contributed by atoms with van der Waals surface area (Å²) < 4.78 is 0. The highest BCUT2D eigenvalue weighted by molar-refractivity contribution is 7.13. The summed E-state index contributed by atoms with van der Waals surface area (Å²) in [5.41, 5.74) is 0. The van der Waals surface area contributed by atoms with E-state index in [-0.39, 0.29) is 5.91 Å². The van der Waals surface area contributed by atoms with Crippen LogP contribution in [0.25, 0.3) is 0 Å². The van der Waals surface area contributed by atoms with E-state index in [1.807, 2.05) is 0 Å². The van der Waals surface area contributed by atoms with Crippen LogP contribution in [0.5, 0.6) is 0 Å². The smallest absolute Gasteiger partial charge is 0.263 e.